The summed E-state index contributed by atoms with van der Waals surface area (Å²) in [4.78, 5) is 15.5. The van der Waals surface area contributed by atoms with Gasteiger partial charge in [0, 0.05) is 17.9 Å². The molecule has 0 aliphatic heterocycles. The van der Waals surface area contributed by atoms with E-state index in [1.807, 2.05) is 32.0 Å². The number of carbonyl (C=O) groups is 1. The van der Waals surface area contributed by atoms with Crippen LogP contribution >= 0.6 is 11.3 Å². The molecule has 0 saturated carbocycles. The second-order valence-corrected chi connectivity index (χ2v) is 7.96. The average Bonchev–Trinajstić information content (AvgIpc) is 3.33. The van der Waals surface area contributed by atoms with E-state index in [2.05, 4.69) is 31.7 Å². The maximum Gasteiger partial charge on any atom is 0.310 e. The number of nitrogens with one attached hydrogen (secondary N) is 1. The summed E-state index contributed by atoms with van der Waals surface area (Å²) in [7, 11) is 0. The molecule has 0 amide bonds. The molecule has 0 spiro atoms. The number of carboxylic acid groups (broad SMARTS) is 1. The highest BCUT2D eigenvalue weighted by molar-refractivity contribution is 7.14. The maximum atomic E-state index is 10.9. The summed E-state index contributed by atoms with van der Waals surface area (Å²) in [6.45, 7) is 4.05. The van der Waals surface area contributed by atoms with Crippen molar-refractivity contribution in [2.75, 3.05) is 5.32 Å². The number of fused-ring (bicyclic) bond motifs is 1. The van der Waals surface area contributed by atoms with Crippen LogP contribution in [0.15, 0.2) is 36.7 Å². The normalized spacial score (nSPS) is 11.0. The fraction of sp³-hybridized carbons (Fsp3) is 0.200. The zero-order chi connectivity index (χ0) is 21.3. The predicted molar refractivity (Wildman–Crippen MR) is 112 cm³/mol. The summed E-state index contributed by atoms with van der Waals surface area (Å²) in [5, 5.41) is 34.9. The molecular weight excluding hydrogens is 402 g/mol. The largest absolute Gasteiger partial charge is 0.481 e. The second-order valence-electron chi connectivity index (χ2n) is 6.90. The number of aliphatic carboxylic acids is 1. The highest BCUT2D eigenvalue weighted by Crippen LogP contribution is 2.33. The zero-order valence-electron chi connectivity index (χ0n) is 16.2. The van der Waals surface area contributed by atoms with Gasteiger partial charge in [-0.2, -0.15) is 10.4 Å². The molecule has 0 saturated heterocycles. The van der Waals surface area contributed by atoms with E-state index in [1.54, 1.807) is 16.8 Å². The minimum absolute atomic E-state index is 0.158. The highest BCUT2D eigenvalue weighted by Gasteiger charge is 2.17. The number of hydrogen-bond donors (Lipinski definition) is 2. The van der Waals surface area contributed by atoms with Crippen molar-refractivity contribution >= 4 is 28.5 Å². The van der Waals surface area contributed by atoms with E-state index in [0.717, 1.165) is 22.5 Å². The van der Waals surface area contributed by atoms with Crippen LogP contribution in [0, 0.1) is 11.3 Å². The molecule has 10 heteroatoms. The van der Waals surface area contributed by atoms with Gasteiger partial charge in [-0.25, -0.2) is 4.52 Å². The summed E-state index contributed by atoms with van der Waals surface area (Å²) < 4.78 is 1.73. The van der Waals surface area contributed by atoms with Gasteiger partial charge in [-0.3, -0.25) is 9.78 Å². The molecule has 4 rings (SSSR count). The van der Waals surface area contributed by atoms with Crippen LogP contribution in [-0.4, -0.2) is 41.9 Å². The van der Waals surface area contributed by atoms with Gasteiger partial charge in [-0.15, -0.1) is 10.2 Å². The summed E-state index contributed by atoms with van der Waals surface area (Å²) in [5.74, 6) is -0.945. The number of nitriles is 1. The lowest BCUT2D eigenvalue weighted by Gasteiger charge is -2.14. The summed E-state index contributed by atoms with van der Waals surface area (Å²) in [6, 6.07) is 9.72. The van der Waals surface area contributed by atoms with Crippen molar-refractivity contribution in [2.45, 2.75) is 26.3 Å². The Kier molecular flexibility index (Phi) is 5.12. The van der Waals surface area contributed by atoms with Crippen molar-refractivity contribution in [3.63, 3.8) is 0 Å². The Hall–Kier alpha value is -3.84. The van der Waals surface area contributed by atoms with Gasteiger partial charge in [0.15, 0.2) is 5.01 Å². The monoisotopic (exact) mass is 419 g/mol. The number of anilines is 1. The first-order valence-corrected chi connectivity index (χ1v) is 9.95. The smallest absolute Gasteiger partial charge is 0.310 e. The Labute approximate surface area is 175 Å². The number of nitrogens with zero attached hydrogens (tertiary/aromatic N) is 6. The molecule has 4 heterocycles. The molecule has 4 aromatic heterocycles. The van der Waals surface area contributed by atoms with Crippen LogP contribution in [0.4, 0.5) is 5.69 Å². The lowest BCUT2D eigenvalue weighted by Crippen LogP contribution is -2.11. The van der Waals surface area contributed by atoms with E-state index in [9.17, 15) is 4.79 Å². The molecule has 150 valence electrons. The minimum atomic E-state index is -0.945. The van der Waals surface area contributed by atoms with Gasteiger partial charge >= 0.3 is 5.97 Å². The zero-order valence-corrected chi connectivity index (χ0v) is 17.0. The van der Waals surface area contributed by atoms with Crippen molar-refractivity contribution in [1.82, 2.24) is 24.8 Å². The number of rotatable bonds is 6. The van der Waals surface area contributed by atoms with Gasteiger partial charge in [-0.05, 0) is 38.1 Å². The fourth-order valence-electron chi connectivity index (χ4n) is 3.01. The van der Waals surface area contributed by atoms with E-state index in [-0.39, 0.29) is 12.5 Å². The van der Waals surface area contributed by atoms with Crippen LogP contribution in [0.2, 0.25) is 0 Å². The standard InChI is InChI=1S/C20H17N7O2S/c1-11(2)24-15-6-16(17-4-3-13-5-12(8-21)9-23-27(13)17)22-10-14(15)20-26-25-18(30-20)7-19(28)29/h3-6,9-11H,7H2,1-2H3,(H,22,24)(H,28,29). The fourth-order valence-corrected chi connectivity index (χ4v) is 3.87. The van der Waals surface area contributed by atoms with Gasteiger partial charge in [0.1, 0.15) is 11.1 Å². The maximum absolute atomic E-state index is 10.9. The van der Waals surface area contributed by atoms with Gasteiger partial charge < -0.3 is 10.4 Å². The highest BCUT2D eigenvalue weighted by atomic mass is 32.1. The van der Waals surface area contributed by atoms with Crippen molar-refractivity contribution in [1.29, 1.82) is 5.26 Å². The number of carboxylic acids is 1. The molecule has 4 aromatic rings. The van der Waals surface area contributed by atoms with Crippen molar-refractivity contribution < 1.29 is 9.90 Å². The third-order valence-corrected chi connectivity index (χ3v) is 5.20. The van der Waals surface area contributed by atoms with E-state index in [1.165, 1.54) is 17.5 Å². The molecule has 0 bridgehead atoms. The summed E-state index contributed by atoms with van der Waals surface area (Å²) in [5.41, 5.74) is 4.35. The number of aromatic nitrogens is 5. The number of pyridine rings is 1. The van der Waals surface area contributed by atoms with Crippen LogP contribution in [-0.2, 0) is 11.2 Å². The molecule has 0 aliphatic rings. The molecule has 9 nitrogen and oxygen atoms in total. The van der Waals surface area contributed by atoms with Crippen molar-refractivity contribution in [3.8, 4) is 28.0 Å². The Morgan fingerprint density at radius 1 is 1.30 bits per heavy atom. The predicted octanol–water partition coefficient (Wildman–Crippen LogP) is 3.23. The Balaban J connectivity index is 1.77. The van der Waals surface area contributed by atoms with E-state index >= 15 is 0 Å². The molecule has 0 aromatic carbocycles. The van der Waals surface area contributed by atoms with Crippen LogP contribution in [0.25, 0.3) is 27.5 Å². The molecule has 0 radical (unpaired) electrons. The SMILES string of the molecule is CC(C)Nc1cc(-c2ccc3cc(C#N)cnn23)ncc1-c1nnc(CC(=O)O)s1. The molecule has 30 heavy (non-hydrogen) atoms. The van der Waals surface area contributed by atoms with Crippen molar-refractivity contribution in [3.05, 3.63) is 47.2 Å². The van der Waals surface area contributed by atoms with Gasteiger partial charge in [0.05, 0.1) is 40.6 Å². The molecular formula is C20H17N7O2S. The van der Waals surface area contributed by atoms with Crippen LogP contribution in [0.5, 0.6) is 0 Å². The third-order valence-electron chi connectivity index (χ3n) is 4.24. The number of hydrogen-bond acceptors (Lipinski definition) is 8. The molecule has 0 fully saturated rings. The second kappa shape index (κ2) is 7.88. The van der Waals surface area contributed by atoms with E-state index in [0.29, 0.717) is 21.3 Å². The van der Waals surface area contributed by atoms with Crippen LogP contribution < -0.4 is 5.32 Å². The molecule has 0 unspecified atom stereocenters. The van der Waals surface area contributed by atoms with Gasteiger partial charge in [-0.1, -0.05) is 11.3 Å². The Morgan fingerprint density at radius 2 is 2.13 bits per heavy atom. The third kappa shape index (κ3) is 3.83. The average molecular weight is 419 g/mol. The first-order chi connectivity index (χ1) is 14.4. The summed E-state index contributed by atoms with van der Waals surface area (Å²) >= 11 is 1.23. The molecule has 0 atom stereocenters. The first-order valence-electron chi connectivity index (χ1n) is 9.14. The Morgan fingerprint density at radius 3 is 2.87 bits per heavy atom. The lowest BCUT2D eigenvalue weighted by atomic mass is 10.1. The van der Waals surface area contributed by atoms with Gasteiger partial charge in [0.2, 0.25) is 0 Å². The lowest BCUT2D eigenvalue weighted by molar-refractivity contribution is -0.136. The first kappa shape index (κ1) is 19.5. The minimum Gasteiger partial charge on any atom is -0.481 e. The van der Waals surface area contributed by atoms with E-state index < -0.39 is 5.97 Å². The van der Waals surface area contributed by atoms with E-state index in [4.69, 9.17) is 10.4 Å². The van der Waals surface area contributed by atoms with Crippen LogP contribution in [0.3, 0.4) is 0 Å². The summed E-state index contributed by atoms with van der Waals surface area (Å²) in [6.07, 6.45) is 3.06. The quantitative estimate of drug-likeness (QED) is 0.487. The molecule has 2 N–H and O–H groups in total. The Bertz CT molecular complexity index is 1290. The topological polar surface area (TPSA) is 129 Å². The molecule has 0 aliphatic carbocycles. The van der Waals surface area contributed by atoms with Gasteiger partial charge in [0.25, 0.3) is 0 Å². The van der Waals surface area contributed by atoms with Crippen molar-refractivity contribution in [2.24, 2.45) is 0 Å². The van der Waals surface area contributed by atoms with Crippen LogP contribution in [0.1, 0.15) is 24.4 Å².